The molecule has 1 fully saturated rings. The molecule has 1 atom stereocenters. The first-order chi connectivity index (χ1) is 8.70. The van der Waals surface area contributed by atoms with E-state index >= 15 is 0 Å². The first-order valence-corrected chi connectivity index (χ1v) is 7.45. The van der Waals surface area contributed by atoms with Crippen LogP contribution in [0.1, 0.15) is 61.3 Å². The fourth-order valence-corrected chi connectivity index (χ4v) is 3.29. The molecule has 1 unspecified atom stereocenters. The summed E-state index contributed by atoms with van der Waals surface area (Å²) in [6.07, 6.45) is 8.50. The predicted octanol–water partition coefficient (Wildman–Crippen LogP) is 4.53. The van der Waals surface area contributed by atoms with Crippen LogP contribution in [0.25, 0.3) is 0 Å². The van der Waals surface area contributed by atoms with E-state index in [-0.39, 0.29) is 0 Å². The Balaban J connectivity index is 2.09. The second kappa shape index (κ2) is 6.38. The van der Waals surface area contributed by atoms with Crippen molar-refractivity contribution >= 4 is 0 Å². The van der Waals surface area contributed by atoms with Gasteiger partial charge < -0.3 is 5.32 Å². The van der Waals surface area contributed by atoms with Crippen LogP contribution < -0.4 is 5.32 Å². The zero-order valence-electron chi connectivity index (χ0n) is 12.1. The second-order valence-electron chi connectivity index (χ2n) is 5.94. The molecule has 1 aromatic rings. The predicted molar refractivity (Wildman–Crippen MR) is 78.9 cm³/mol. The largest absolute Gasteiger partial charge is 0.313 e. The van der Waals surface area contributed by atoms with Gasteiger partial charge in [0.05, 0.1) is 0 Å². The van der Waals surface area contributed by atoms with Gasteiger partial charge in [-0.3, -0.25) is 0 Å². The summed E-state index contributed by atoms with van der Waals surface area (Å²) >= 11 is 0. The summed E-state index contributed by atoms with van der Waals surface area (Å²) in [7, 11) is 2.11. The maximum absolute atomic E-state index is 3.53. The van der Waals surface area contributed by atoms with E-state index in [9.17, 15) is 0 Å². The number of nitrogens with one attached hydrogen (secondary N) is 1. The molecule has 1 aliphatic rings. The summed E-state index contributed by atoms with van der Waals surface area (Å²) in [5.74, 6) is 0.927. The Morgan fingerprint density at radius 3 is 2.56 bits per heavy atom. The van der Waals surface area contributed by atoms with Gasteiger partial charge in [-0.25, -0.2) is 0 Å². The maximum Gasteiger partial charge on any atom is 0.0322 e. The third-order valence-corrected chi connectivity index (χ3v) is 4.45. The van der Waals surface area contributed by atoms with Crippen LogP contribution in [0, 0.1) is 19.8 Å². The monoisotopic (exact) mass is 245 g/mol. The van der Waals surface area contributed by atoms with Crippen LogP contribution in [-0.2, 0) is 0 Å². The average Bonchev–Trinajstić information content (AvgIpc) is 2.40. The molecule has 1 aromatic carbocycles. The van der Waals surface area contributed by atoms with E-state index in [0.717, 1.165) is 5.92 Å². The van der Waals surface area contributed by atoms with Crippen molar-refractivity contribution in [2.45, 2.75) is 58.4 Å². The molecule has 100 valence electrons. The summed E-state index contributed by atoms with van der Waals surface area (Å²) in [6, 6.07) is 7.37. The van der Waals surface area contributed by atoms with Gasteiger partial charge in [0, 0.05) is 6.04 Å². The summed E-state index contributed by atoms with van der Waals surface area (Å²) in [4.78, 5) is 0. The minimum Gasteiger partial charge on any atom is -0.313 e. The first-order valence-electron chi connectivity index (χ1n) is 7.45. The molecule has 0 aliphatic heterocycles. The molecule has 0 spiro atoms. The first kappa shape index (κ1) is 13.6. The fraction of sp³-hybridized carbons (Fsp3) is 0.647. The molecule has 1 heteroatoms. The summed E-state index contributed by atoms with van der Waals surface area (Å²) in [5.41, 5.74) is 4.30. The number of rotatable bonds is 4. The van der Waals surface area contributed by atoms with Crippen molar-refractivity contribution in [1.29, 1.82) is 0 Å². The highest BCUT2D eigenvalue weighted by molar-refractivity contribution is 5.33. The van der Waals surface area contributed by atoms with E-state index in [1.165, 1.54) is 55.2 Å². The van der Waals surface area contributed by atoms with Gasteiger partial charge >= 0.3 is 0 Å². The normalized spacial score (nSPS) is 18.8. The molecule has 1 saturated carbocycles. The van der Waals surface area contributed by atoms with Gasteiger partial charge in [-0.15, -0.1) is 0 Å². The van der Waals surface area contributed by atoms with Gasteiger partial charge in [0.2, 0.25) is 0 Å². The SMILES string of the molecule is CNC(CC1CCCCC1)c1cc(C)ccc1C. The van der Waals surface area contributed by atoms with Crippen LogP contribution in [0.15, 0.2) is 18.2 Å². The van der Waals surface area contributed by atoms with Gasteiger partial charge in [-0.05, 0) is 44.4 Å². The van der Waals surface area contributed by atoms with Crippen LogP contribution in [-0.4, -0.2) is 7.05 Å². The molecule has 0 bridgehead atoms. The number of hydrogen-bond acceptors (Lipinski definition) is 1. The van der Waals surface area contributed by atoms with E-state index in [0.29, 0.717) is 6.04 Å². The Bertz CT molecular complexity index is 377. The van der Waals surface area contributed by atoms with E-state index in [2.05, 4.69) is 44.4 Å². The van der Waals surface area contributed by atoms with Gasteiger partial charge in [0.25, 0.3) is 0 Å². The quantitative estimate of drug-likeness (QED) is 0.821. The van der Waals surface area contributed by atoms with Crippen molar-refractivity contribution in [1.82, 2.24) is 5.32 Å². The minimum absolute atomic E-state index is 0.535. The molecule has 0 heterocycles. The van der Waals surface area contributed by atoms with Gasteiger partial charge in [0.15, 0.2) is 0 Å². The van der Waals surface area contributed by atoms with Gasteiger partial charge in [-0.2, -0.15) is 0 Å². The van der Waals surface area contributed by atoms with E-state index in [1.807, 2.05) is 0 Å². The zero-order chi connectivity index (χ0) is 13.0. The lowest BCUT2D eigenvalue weighted by atomic mass is 9.82. The maximum atomic E-state index is 3.53. The van der Waals surface area contributed by atoms with Crippen molar-refractivity contribution in [3.05, 3.63) is 34.9 Å². The molecule has 0 radical (unpaired) electrons. The van der Waals surface area contributed by atoms with Gasteiger partial charge in [0.1, 0.15) is 0 Å². The molecule has 0 aromatic heterocycles. The van der Waals surface area contributed by atoms with Crippen LogP contribution in [0.5, 0.6) is 0 Å². The number of benzene rings is 1. The molecule has 1 nitrogen and oxygen atoms in total. The van der Waals surface area contributed by atoms with Crippen LogP contribution in [0.2, 0.25) is 0 Å². The van der Waals surface area contributed by atoms with Crippen molar-refractivity contribution in [3.63, 3.8) is 0 Å². The lowest BCUT2D eigenvalue weighted by Gasteiger charge is -2.27. The fourth-order valence-electron chi connectivity index (χ4n) is 3.29. The number of hydrogen-bond donors (Lipinski definition) is 1. The highest BCUT2D eigenvalue weighted by atomic mass is 14.9. The Morgan fingerprint density at radius 2 is 1.89 bits per heavy atom. The zero-order valence-corrected chi connectivity index (χ0v) is 12.1. The Kier molecular flexibility index (Phi) is 4.82. The molecular formula is C17H27N. The van der Waals surface area contributed by atoms with Crippen LogP contribution >= 0.6 is 0 Å². The van der Waals surface area contributed by atoms with Crippen molar-refractivity contribution in [2.75, 3.05) is 7.05 Å². The Morgan fingerprint density at radius 1 is 1.17 bits per heavy atom. The third kappa shape index (κ3) is 3.35. The topological polar surface area (TPSA) is 12.0 Å². The molecule has 0 amide bonds. The van der Waals surface area contributed by atoms with E-state index in [1.54, 1.807) is 0 Å². The summed E-state index contributed by atoms with van der Waals surface area (Å²) in [5, 5.41) is 3.53. The molecule has 1 aliphatic carbocycles. The van der Waals surface area contributed by atoms with Crippen molar-refractivity contribution < 1.29 is 0 Å². The van der Waals surface area contributed by atoms with Crippen molar-refractivity contribution in [2.24, 2.45) is 5.92 Å². The van der Waals surface area contributed by atoms with Gasteiger partial charge in [-0.1, -0.05) is 55.9 Å². The van der Waals surface area contributed by atoms with E-state index < -0.39 is 0 Å². The average molecular weight is 245 g/mol. The molecule has 2 rings (SSSR count). The second-order valence-corrected chi connectivity index (χ2v) is 5.94. The van der Waals surface area contributed by atoms with E-state index in [4.69, 9.17) is 0 Å². The Labute approximate surface area is 112 Å². The van der Waals surface area contributed by atoms with Crippen LogP contribution in [0.3, 0.4) is 0 Å². The lowest BCUT2D eigenvalue weighted by molar-refractivity contribution is 0.305. The van der Waals surface area contributed by atoms with Crippen molar-refractivity contribution in [3.8, 4) is 0 Å². The highest BCUT2D eigenvalue weighted by Gasteiger charge is 2.20. The summed E-state index contributed by atoms with van der Waals surface area (Å²) in [6.45, 7) is 4.43. The molecular weight excluding hydrogens is 218 g/mol. The number of aryl methyl sites for hydroxylation is 2. The molecule has 1 N–H and O–H groups in total. The lowest BCUT2D eigenvalue weighted by Crippen LogP contribution is -2.22. The van der Waals surface area contributed by atoms with Crippen LogP contribution in [0.4, 0.5) is 0 Å². The standard InChI is InChI=1S/C17H27N/c1-13-9-10-14(2)16(11-13)17(18-3)12-15-7-5-4-6-8-15/h9-11,15,17-18H,4-8,12H2,1-3H3. The summed E-state index contributed by atoms with van der Waals surface area (Å²) < 4.78 is 0. The molecule has 18 heavy (non-hydrogen) atoms. The minimum atomic E-state index is 0.535. The highest BCUT2D eigenvalue weighted by Crippen LogP contribution is 2.32. The Hall–Kier alpha value is -0.820. The molecule has 0 saturated heterocycles. The smallest absolute Gasteiger partial charge is 0.0322 e. The third-order valence-electron chi connectivity index (χ3n) is 4.45.